The van der Waals surface area contributed by atoms with Gasteiger partial charge in [0.1, 0.15) is 11.5 Å². The molecule has 2 aromatic carbocycles. The molecule has 26 heavy (non-hydrogen) atoms. The van der Waals surface area contributed by atoms with Crippen molar-refractivity contribution in [3.8, 4) is 22.6 Å². The topological polar surface area (TPSA) is 91.4 Å². The van der Waals surface area contributed by atoms with Crippen LogP contribution in [0.4, 0.5) is 5.69 Å². The van der Waals surface area contributed by atoms with Crippen LogP contribution < -0.4 is 15.6 Å². The number of carbonyl (C=O) groups is 1. The highest BCUT2D eigenvalue weighted by Gasteiger charge is 2.13. The molecule has 0 aliphatic rings. The fourth-order valence-electron chi connectivity index (χ4n) is 2.61. The second-order valence-corrected chi connectivity index (χ2v) is 5.84. The summed E-state index contributed by atoms with van der Waals surface area (Å²) in [6.07, 6.45) is 1.42. The van der Waals surface area contributed by atoms with Gasteiger partial charge >= 0.3 is 0 Å². The minimum absolute atomic E-state index is 0.106. The summed E-state index contributed by atoms with van der Waals surface area (Å²) < 4.78 is 5.00. The number of hydrogen-bond donors (Lipinski definition) is 3. The van der Waals surface area contributed by atoms with E-state index in [1.54, 1.807) is 12.1 Å². The molecule has 3 N–H and O–H groups in total. The number of aryl methyl sites for hydroxylation is 1. The van der Waals surface area contributed by atoms with Crippen LogP contribution in [-0.4, -0.2) is 23.1 Å². The number of ether oxygens (including phenoxy) is 1. The van der Waals surface area contributed by atoms with Gasteiger partial charge in [-0.25, -0.2) is 0 Å². The summed E-state index contributed by atoms with van der Waals surface area (Å²) in [5, 5.41) is 12.7. The smallest absolute Gasteiger partial charge is 0.259 e. The number of aromatic hydroxyl groups is 1. The summed E-state index contributed by atoms with van der Waals surface area (Å²) in [5.41, 5.74) is 2.51. The Balaban J connectivity index is 1.90. The number of aromatic nitrogens is 1. The number of amides is 1. The average Bonchev–Trinajstić information content (AvgIpc) is 2.63. The molecule has 6 nitrogen and oxygen atoms in total. The Morgan fingerprint density at radius 1 is 1.15 bits per heavy atom. The van der Waals surface area contributed by atoms with Crippen molar-refractivity contribution in [2.24, 2.45) is 0 Å². The maximum absolute atomic E-state index is 12.4. The second kappa shape index (κ2) is 7.14. The number of methoxy groups -OCH3 is 1. The number of phenolic OH excluding ortho intramolecular Hbond substituents is 1. The molecule has 6 heteroatoms. The van der Waals surface area contributed by atoms with Gasteiger partial charge in [0.25, 0.3) is 11.5 Å². The molecule has 3 rings (SSSR count). The van der Waals surface area contributed by atoms with E-state index < -0.39 is 5.91 Å². The van der Waals surface area contributed by atoms with Crippen molar-refractivity contribution in [1.82, 2.24) is 4.98 Å². The van der Waals surface area contributed by atoms with Crippen LogP contribution in [0.25, 0.3) is 11.1 Å². The molecule has 0 saturated carbocycles. The van der Waals surface area contributed by atoms with E-state index in [4.69, 9.17) is 4.74 Å². The first kappa shape index (κ1) is 17.3. The van der Waals surface area contributed by atoms with Crippen molar-refractivity contribution < 1.29 is 14.6 Å². The summed E-state index contributed by atoms with van der Waals surface area (Å²) in [6.45, 7) is 1.94. The average molecular weight is 350 g/mol. The standard InChI is InChI=1S/C20H18N2O4/c1-12-4-3-5-13(8-12)17-9-14(11-21-19(17)24)22-20(25)16-7-6-15(26-2)10-18(16)23/h3-11,23H,1-2H3,(H,21,24)(H,22,25). The summed E-state index contributed by atoms with van der Waals surface area (Å²) in [6, 6.07) is 13.5. The Hall–Kier alpha value is -3.54. The molecule has 0 unspecified atom stereocenters. The van der Waals surface area contributed by atoms with Crippen LogP contribution >= 0.6 is 0 Å². The van der Waals surface area contributed by atoms with Crippen LogP contribution in [0.2, 0.25) is 0 Å². The van der Waals surface area contributed by atoms with Crippen molar-refractivity contribution in [3.05, 3.63) is 76.2 Å². The predicted octanol–water partition coefficient (Wildman–Crippen LogP) is 3.32. The Kier molecular flexibility index (Phi) is 4.75. The van der Waals surface area contributed by atoms with Gasteiger partial charge in [0.15, 0.2) is 0 Å². The van der Waals surface area contributed by atoms with E-state index in [0.29, 0.717) is 17.0 Å². The number of benzene rings is 2. The van der Waals surface area contributed by atoms with Crippen molar-refractivity contribution in [2.75, 3.05) is 12.4 Å². The van der Waals surface area contributed by atoms with E-state index in [9.17, 15) is 14.7 Å². The van der Waals surface area contributed by atoms with Crippen molar-refractivity contribution >= 4 is 11.6 Å². The number of nitrogens with one attached hydrogen (secondary N) is 2. The minimum Gasteiger partial charge on any atom is -0.507 e. The highest BCUT2D eigenvalue weighted by Crippen LogP contribution is 2.25. The van der Waals surface area contributed by atoms with Gasteiger partial charge in [-0.1, -0.05) is 29.8 Å². The molecule has 1 heterocycles. The minimum atomic E-state index is -0.493. The Morgan fingerprint density at radius 3 is 2.65 bits per heavy atom. The predicted molar refractivity (Wildman–Crippen MR) is 99.8 cm³/mol. The number of H-pyrrole nitrogens is 1. The summed E-state index contributed by atoms with van der Waals surface area (Å²) in [4.78, 5) is 27.2. The van der Waals surface area contributed by atoms with E-state index in [2.05, 4.69) is 10.3 Å². The van der Waals surface area contributed by atoms with Crippen LogP contribution in [0, 0.1) is 6.92 Å². The molecule has 0 bridgehead atoms. The number of aromatic amines is 1. The van der Waals surface area contributed by atoms with Crippen molar-refractivity contribution in [2.45, 2.75) is 6.92 Å². The Labute approximate surface area is 150 Å². The lowest BCUT2D eigenvalue weighted by molar-refractivity contribution is 0.102. The highest BCUT2D eigenvalue weighted by atomic mass is 16.5. The van der Waals surface area contributed by atoms with E-state index in [0.717, 1.165) is 11.1 Å². The van der Waals surface area contributed by atoms with Gasteiger partial charge in [-0.15, -0.1) is 0 Å². The largest absolute Gasteiger partial charge is 0.507 e. The third kappa shape index (κ3) is 3.59. The number of hydrogen-bond acceptors (Lipinski definition) is 4. The molecule has 0 spiro atoms. The molecule has 0 fully saturated rings. The number of carbonyl (C=O) groups excluding carboxylic acids is 1. The molecule has 132 valence electrons. The molecule has 0 saturated heterocycles. The lowest BCUT2D eigenvalue weighted by Crippen LogP contribution is -2.15. The fourth-order valence-corrected chi connectivity index (χ4v) is 2.61. The first-order valence-electron chi connectivity index (χ1n) is 7.96. The molecule has 3 aromatic rings. The third-order valence-electron chi connectivity index (χ3n) is 3.94. The van der Waals surface area contributed by atoms with Crippen LogP contribution in [0.5, 0.6) is 11.5 Å². The molecule has 0 atom stereocenters. The quantitative estimate of drug-likeness (QED) is 0.673. The van der Waals surface area contributed by atoms with Crippen molar-refractivity contribution in [1.29, 1.82) is 0 Å². The lowest BCUT2D eigenvalue weighted by Gasteiger charge is -2.09. The van der Waals surface area contributed by atoms with E-state index in [1.807, 2.05) is 31.2 Å². The number of pyridine rings is 1. The van der Waals surface area contributed by atoms with Gasteiger partial charge in [-0.2, -0.15) is 0 Å². The van der Waals surface area contributed by atoms with Crippen LogP contribution in [0.3, 0.4) is 0 Å². The molecule has 0 aliphatic carbocycles. The van der Waals surface area contributed by atoms with E-state index >= 15 is 0 Å². The van der Waals surface area contributed by atoms with E-state index in [1.165, 1.54) is 25.4 Å². The van der Waals surface area contributed by atoms with Gasteiger partial charge in [-0.3, -0.25) is 9.59 Å². The zero-order valence-corrected chi connectivity index (χ0v) is 14.4. The summed E-state index contributed by atoms with van der Waals surface area (Å²) in [7, 11) is 1.47. The molecular formula is C20H18N2O4. The second-order valence-electron chi connectivity index (χ2n) is 5.84. The maximum Gasteiger partial charge on any atom is 0.259 e. The summed E-state index contributed by atoms with van der Waals surface area (Å²) >= 11 is 0. The number of rotatable bonds is 4. The Morgan fingerprint density at radius 2 is 1.96 bits per heavy atom. The molecule has 0 radical (unpaired) electrons. The normalized spacial score (nSPS) is 10.4. The molecular weight excluding hydrogens is 332 g/mol. The van der Waals surface area contributed by atoms with Gasteiger partial charge in [0.05, 0.1) is 18.4 Å². The number of phenols is 1. The zero-order valence-electron chi connectivity index (χ0n) is 14.4. The lowest BCUT2D eigenvalue weighted by atomic mass is 10.0. The van der Waals surface area contributed by atoms with Crippen LogP contribution in [0.1, 0.15) is 15.9 Å². The molecule has 1 amide bonds. The number of anilines is 1. The maximum atomic E-state index is 12.4. The fraction of sp³-hybridized carbons (Fsp3) is 0.100. The van der Waals surface area contributed by atoms with Crippen LogP contribution in [0.15, 0.2) is 59.5 Å². The SMILES string of the molecule is COc1ccc(C(=O)Nc2c[nH]c(=O)c(-c3cccc(C)c3)c2)c(O)c1. The van der Waals surface area contributed by atoms with Gasteiger partial charge in [0.2, 0.25) is 0 Å². The van der Waals surface area contributed by atoms with Gasteiger partial charge in [0, 0.05) is 17.8 Å². The highest BCUT2D eigenvalue weighted by molar-refractivity contribution is 6.06. The Bertz CT molecular complexity index is 1020. The first-order chi connectivity index (χ1) is 12.5. The third-order valence-corrected chi connectivity index (χ3v) is 3.94. The van der Waals surface area contributed by atoms with Gasteiger partial charge in [-0.05, 0) is 30.7 Å². The monoisotopic (exact) mass is 350 g/mol. The van der Waals surface area contributed by atoms with Gasteiger partial charge < -0.3 is 20.1 Å². The van der Waals surface area contributed by atoms with Crippen molar-refractivity contribution in [3.63, 3.8) is 0 Å². The zero-order chi connectivity index (χ0) is 18.7. The summed E-state index contributed by atoms with van der Waals surface area (Å²) in [5.74, 6) is -0.234. The molecule has 0 aliphatic heterocycles. The van der Waals surface area contributed by atoms with Crippen LogP contribution in [-0.2, 0) is 0 Å². The van der Waals surface area contributed by atoms with E-state index in [-0.39, 0.29) is 16.9 Å². The molecule has 1 aromatic heterocycles. The first-order valence-corrected chi connectivity index (χ1v) is 7.96.